The van der Waals surface area contributed by atoms with Crippen LogP contribution in [0.1, 0.15) is 0 Å². The quantitative estimate of drug-likeness (QED) is 0.719. The van der Waals surface area contributed by atoms with Gasteiger partial charge in [0.15, 0.2) is 0 Å². The van der Waals surface area contributed by atoms with Crippen molar-refractivity contribution in [2.75, 3.05) is 25.0 Å². The highest BCUT2D eigenvalue weighted by atomic mass is 32.2. The lowest BCUT2D eigenvalue weighted by molar-refractivity contribution is -0.135. The zero-order valence-electron chi connectivity index (χ0n) is 10.5. The third-order valence-electron chi connectivity index (χ3n) is 2.46. The summed E-state index contributed by atoms with van der Waals surface area (Å²) < 4.78 is 25.3. The molecule has 0 radical (unpaired) electrons. The third kappa shape index (κ3) is 4.08. The Kier molecular flexibility index (Phi) is 5.08. The minimum absolute atomic E-state index is 0.132. The molecule has 0 saturated heterocycles. The lowest BCUT2D eigenvalue weighted by Gasteiger charge is -2.21. The number of carboxylic acids is 1. The summed E-state index contributed by atoms with van der Waals surface area (Å²) in [6.45, 7) is 3.75. The number of nitrogens with zero attached hydrogens (tertiary/aromatic N) is 1. The highest BCUT2D eigenvalue weighted by Crippen LogP contribution is 2.17. The van der Waals surface area contributed by atoms with E-state index in [1.807, 2.05) is 0 Å². The van der Waals surface area contributed by atoms with Crippen LogP contribution < -0.4 is 9.62 Å². The molecule has 1 rings (SSSR count). The second-order valence-electron chi connectivity index (χ2n) is 3.76. The van der Waals surface area contributed by atoms with Crippen molar-refractivity contribution < 1.29 is 18.3 Å². The van der Waals surface area contributed by atoms with E-state index in [9.17, 15) is 13.2 Å². The van der Waals surface area contributed by atoms with E-state index < -0.39 is 16.0 Å². The summed E-state index contributed by atoms with van der Waals surface area (Å²) in [5.74, 6) is -0.964. The Bertz CT molecular complexity index is 552. The summed E-state index contributed by atoms with van der Waals surface area (Å²) in [4.78, 5) is 12.5. The SMILES string of the molecule is C=CCN(CC(=O)O)c1ccc(S(=O)(=O)NC)cc1. The molecule has 0 saturated carbocycles. The summed E-state index contributed by atoms with van der Waals surface area (Å²) in [7, 11) is -2.15. The molecule has 2 N–H and O–H groups in total. The van der Waals surface area contributed by atoms with Crippen molar-refractivity contribution in [3.63, 3.8) is 0 Å². The molecule has 7 heteroatoms. The van der Waals surface area contributed by atoms with Gasteiger partial charge < -0.3 is 10.0 Å². The Labute approximate surface area is 112 Å². The smallest absolute Gasteiger partial charge is 0.323 e. The molecule has 0 unspecified atom stereocenters. The number of aliphatic carboxylic acids is 1. The first-order chi connectivity index (χ1) is 8.90. The lowest BCUT2D eigenvalue weighted by Crippen LogP contribution is -2.29. The van der Waals surface area contributed by atoms with Gasteiger partial charge in [0.2, 0.25) is 10.0 Å². The van der Waals surface area contributed by atoms with Crippen LogP contribution in [0.4, 0.5) is 5.69 Å². The Morgan fingerprint density at radius 1 is 1.42 bits per heavy atom. The minimum atomic E-state index is -3.48. The number of nitrogens with one attached hydrogen (secondary N) is 1. The molecule has 0 amide bonds. The van der Waals surface area contributed by atoms with Gasteiger partial charge in [-0.1, -0.05) is 6.08 Å². The summed E-state index contributed by atoms with van der Waals surface area (Å²) in [6, 6.07) is 5.99. The van der Waals surface area contributed by atoms with Gasteiger partial charge in [0.05, 0.1) is 4.90 Å². The van der Waals surface area contributed by atoms with E-state index >= 15 is 0 Å². The van der Waals surface area contributed by atoms with Crippen LogP contribution in [0.25, 0.3) is 0 Å². The molecule has 6 nitrogen and oxygen atoms in total. The molecule has 0 aliphatic rings. The van der Waals surface area contributed by atoms with Gasteiger partial charge >= 0.3 is 5.97 Å². The monoisotopic (exact) mass is 284 g/mol. The second-order valence-corrected chi connectivity index (χ2v) is 5.65. The summed E-state index contributed by atoms with van der Waals surface area (Å²) in [5.41, 5.74) is 0.623. The van der Waals surface area contributed by atoms with Crippen LogP contribution in [0.3, 0.4) is 0 Å². The van der Waals surface area contributed by atoms with Gasteiger partial charge in [-0.3, -0.25) is 4.79 Å². The van der Waals surface area contributed by atoms with Crippen molar-refractivity contribution in [1.82, 2.24) is 4.72 Å². The zero-order valence-corrected chi connectivity index (χ0v) is 11.4. The molecule has 104 valence electrons. The van der Waals surface area contributed by atoms with Crippen LogP contribution in [0.5, 0.6) is 0 Å². The average Bonchev–Trinajstić information content (AvgIpc) is 2.38. The van der Waals surface area contributed by atoms with Crippen LogP contribution >= 0.6 is 0 Å². The molecule has 1 aromatic carbocycles. The molecule has 0 aliphatic heterocycles. The van der Waals surface area contributed by atoms with E-state index in [4.69, 9.17) is 5.11 Å². The van der Waals surface area contributed by atoms with E-state index in [1.165, 1.54) is 19.2 Å². The van der Waals surface area contributed by atoms with E-state index in [0.29, 0.717) is 12.2 Å². The average molecular weight is 284 g/mol. The van der Waals surface area contributed by atoms with Crippen molar-refractivity contribution in [2.45, 2.75) is 4.90 Å². The van der Waals surface area contributed by atoms with Crippen LogP contribution in [-0.2, 0) is 14.8 Å². The molecule has 0 spiro atoms. The molecule has 0 atom stereocenters. The highest BCUT2D eigenvalue weighted by Gasteiger charge is 2.13. The Morgan fingerprint density at radius 2 is 2.00 bits per heavy atom. The van der Waals surface area contributed by atoms with Gasteiger partial charge in [0.1, 0.15) is 6.54 Å². The summed E-state index contributed by atoms with van der Waals surface area (Å²) >= 11 is 0. The fraction of sp³-hybridized carbons (Fsp3) is 0.250. The fourth-order valence-corrected chi connectivity index (χ4v) is 2.26. The molecule has 0 fully saturated rings. The van der Waals surface area contributed by atoms with Gasteiger partial charge in [-0.15, -0.1) is 6.58 Å². The largest absolute Gasteiger partial charge is 0.480 e. The van der Waals surface area contributed by atoms with Gasteiger partial charge in [-0.05, 0) is 31.3 Å². The van der Waals surface area contributed by atoms with E-state index in [2.05, 4.69) is 11.3 Å². The fourth-order valence-electron chi connectivity index (χ4n) is 1.53. The van der Waals surface area contributed by atoms with Crippen molar-refractivity contribution >= 4 is 21.7 Å². The number of benzene rings is 1. The maximum absolute atomic E-state index is 11.6. The molecule has 0 bridgehead atoms. The standard InChI is InChI=1S/C12H16N2O4S/c1-3-8-14(9-12(15)16)10-4-6-11(7-5-10)19(17,18)13-2/h3-7,13H,1,8-9H2,2H3,(H,15,16). The number of sulfonamides is 1. The number of carbonyl (C=O) groups is 1. The molecular formula is C12H16N2O4S. The molecule has 1 aromatic rings. The van der Waals surface area contributed by atoms with Gasteiger partial charge in [-0.2, -0.15) is 0 Å². The number of hydrogen-bond donors (Lipinski definition) is 2. The van der Waals surface area contributed by atoms with Crippen LogP contribution in [0.15, 0.2) is 41.8 Å². The highest BCUT2D eigenvalue weighted by molar-refractivity contribution is 7.89. The molecule has 19 heavy (non-hydrogen) atoms. The van der Waals surface area contributed by atoms with Gasteiger partial charge in [0.25, 0.3) is 0 Å². The van der Waals surface area contributed by atoms with Crippen molar-refractivity contribution in [2.24, 2.45) is 0 Å². The van der Waals surface area contributed by atoms with E-state index in [1.54, 1.807) is 23.1 Å². The van der Waals surface area contributed by atoms with Crippen molar-refractivity contribution in [3.05, 3.63) is 36.9 Å². The predicted octanol–water partition coefficient (Wildman–Crippen LogP) is 0.672. The molecular weight excluding hydrogens is 268 g/mol. The number of carboxylic acid groups (broad SMARTS) is 1. The normalized spacial score (nSPS) is 11.0. The van der Waals surface area contributed by atoms with Crippen LogP contribution in [0, 0.1) is 0 Å². The van der Waals surface area contributed by atoms with Crippen molar-refractivity contribution in [1.29, 1.82) is 0 Å². The van der Waals surface area contributed by atoms with Crippen molar-refractivity contribution in [3.8, 4) is 0 Å². The maximum Gasteiger partial charge on any atom is 0.323 e. The first-order valence-corrected chi connectivity index (χ1v) is 7.00. The first-order valence-electron chi connectivity index (χ1n) is 5.52. The summed E-state index contributed by atoms with van der Waals surface area (Å²) in [6.07, 6.45) is 1.58. The van der Waals surface area contributed by atoms with E-state index in [-0.39, 0.29) is 11.4 Å². The topological polar surface area (TPSA) is 86.7 Å². The van der Waals surface area contributed by atoms with Crippen LogP contribution in [0.2, 0.25) is 0 Å². The van der Waals surface area contributed by atoms with Gasteiger partial charge in [0, 0.05) is 12.2 Å². The van der Waals surface area contributed by atoms with Crippen LogP contribution in [-0.4, -0.2) is 39.6 Å². The third-order valence-corrected chi connectivity index (χ3v) is 3.89. The molecule has 0 heterocycles. The number of rotatable bonds is 7. The Balaban J connectivity index is 3.01. The zero-order chi connectivity index (χ0) is 14.5. The maximum atomic E-state index is 11.6. The molecule has 0 aromatic heterocycles. The Hall–Kier alpha value is -1.86. The number of hydrogen-bond acceptors (Lipinski definition) is 4. The second kappa shape index (κ2) is 6.35. The lowest BCUT2D eigenvalue weighted by atomic mass is 10.3. The van der Waals surface area contributed by atoms with E-state index in [0.717, 1.165) is 0 Å². The minimum Gasteiger partial charge on any atom is -0.480 e. The first kappa shape index (κ1) is 15.2. The van der Waals surface area contributed by atoms with Gasteiger partial charge in [-0.25, -0.2) is 13.1 Å². The summed E-state index contributed by atoms with van der Waals surface area (Å²) in [5, 5.41) is 8.81. The predicted molar refractivity (Wildman–Crippen MR) is 72.7 cm³/mol. The number of anilines is 1. The Morgan fingerprint density at radius 3 is 2.42 bits per heavy atom. The molecule has 0 aliphatic carbocycles.